The van der Waals surface area contributed by atoms with Crippen LogP contribution in [0.4, 0.5) is 13.2 Å². The van der Waals surface area contributed by atoms with E-state index in [0.717, 1.165) is 42.7 Å². The monoisotopic (exact) mass is 557 g/mol. The standard InChI is InChI=1S/C30H34F3N3O4/c31-30(32,33)24-6-4-5-23(17-24)29(38)7-11-35(12-8-29)19-22-15-21-16-26-27(40-20-39-26)18-25(21)36(28(22)37)14-13-34-9-2-1-3-10-34/h4-6,15-18,38H,1-3,7-14,19-20H2. The summed E-state index contributed by atoms with van der Waals surface area (Å²) in [6.07, 6.45) is -0.300. The minimum absolute atomic E-state index is 0.0536. The first kappa shape index (κ1) is 27.1. The highest BCUT2D eigenvalue weighted by Gasteiger charge is 2.37. The Morgan fingerprint density at radius 1 is 0.875 bits per heavy atom. The van der Waals surface area contributed by atoms with Crippen LogP contribution < -0.4 is 15.0 Å². The zero-order valence-corrected chi connectivity index (χ0v) is 22.4. The van der Waals surface area contributed by atoms with Gasteiger partial charge in [-0.25, -0.2) is 0 Å². The van der Waals surface area contributed by atoms with Crippen LogP contribution >= 0.6 is 0 Å². The van der Waals surface area contributed by atoms with E-state index in [1.165, 1.54) is 25.3 Å². The van der Waals surface area contributed by atoms with Crippen molar-refractivity contribution in [2.45, 2.75) is 57.0 Å². The van der Waals surface area contributed by atoms with Crippen molar-refractivity contribution in [3.63, 3.8) is 0 Å². The Bertz CT molecular complexity index is 1440. The Labute approximate surface area is 230 Å². The van der Waals surface area contributed by atoms with Gasteiger partial charge in [0.05, 0.1) is 16.7 Å². The molecule has 3 aromatic rings. The minimum Gasteiger partial charge on any atom is -0.454 e. The van der Waals surface area contributed by atoms with Gasteiger partial charge >= 0.3 is 6.18 Å². The Kier molecular flexibility index (Phi) is 7.27. The van der Waals surface area contributed by atoms with Gasteiger partial charge in [0.15, 0.2) is 11.5 Å². The second-order valence-electron chi connectivity index (χ2n) is 11.2. The highest BCUT2D eigenvalue weighted by atomic mass is 19.4. The first-order chi connectivity index (χ1) is 19.2. The molecule has 0 atom stereocenters. The summed E-state index contributed by atoms with van der Waals surface area (Å²) in [4.78, 5) is 18.3. The van der Waals surface area contributed by atoms with Crippen molar-refractivity contribution in [1.29, 1.82) is 0 Å². The predicted octanol–water partition coefficient (Wildman–Crippen LogP) is 4.72. The molecule has 0 spiro atoms. The Morgan fingerprint density at radius 3 is 2.33 bits per heavy atom. The Morgan fingerprint density at radius 2 is 1.60 bits per heavy atom. The molecule has 3 aliphatic rings. The summed E-state index contributed by atoms with van der Waals surface area (Å²) in [6.45, 7) is 4.91. The number of alkyl halides is 3. The summed E-state index contributed by atoms with van der Waals surface area (Å²) in [5.74, 6) is 1.29. The van der Waals surface area contributed by atoms with Crippen LogP contribution in [0.15, 0.2) is 47.3 Å². The molecule has 0 saturated carbocycles. The van der Waals surface area contributed by atoms with Crippen molar-refractivity contribution < 1.29 is 27.8 Å². The highest BCUT2D eigenvalue weighted by molar-refractivity contribution is 5.84. The molecule has 214 valence electrons. The van der Waals surface area contributed by atoms with Gasteiger partial charge in [-0.2, -0.15) is 13.2 Å². The van der Waals surface area contributed by atoms with Crippen LogP contribution in [0, 0.1) is 0 Å². The number of aromatic nitrogens is 1. The van der Waals surface area contributed by atoms with E-state index in [1.807, 2.05) is 22.8 Å². The van der Waals surface area contributed by atoms with Crippen LogP contribution in [0.3, 0.4) is 0 Å². The fourth-order valence-corrected chi connectivity index (χ4v) is 6.18. The maximum Gasteiger partial charge on any atom is 0.416 e. The zero-order chi connectivity index (χ0) is 27.9. The molecule has 1 aromatic heterocycles. The van der Waals surface area contributed by atoms with Crippen molar-refractivity contribution in [2.24, 2.45) is 0 Å². The maximum atomic E-state index is 13.8. The van der Waals surface area contributed by atoms with E-state index >= 15 is 0 Å². The summed E-state index contributed by atoms with van der Waals surface area (Å²) in [5.41, 5.74) is -0.413. The van der Waals surface area contributed by atoms with Gasteiger partial charge in [-0.05, 0) is 68.6 Å². The molecular formula is C30H34F3N3O4. The molecule has 3 aliphatic heterocycles. The molecule has 2 fully saturated rings. The number of halogens is 3. The molecule has 0 amide bonds. The molecule has 6 rings (SSSR count). The quantitative estimate of drug-likeness (QED) is 0.473. The van der Waals surface area contributed by atoms with E-state index in [-0.39, 0.29) is 30.8 Å². The van der Waals surface area contributed by atoms with Gasteiger partial charge in [0.1, 0.15) is 0 Å². The van der Waals surface area contributed by atoms with E-state index < -0.39 is 17.3 Å². The summed E-state index contributed by atoms with van der Waals surface area (Å²) in [5, 5.41) is 12.1. The van der Waals surface area contributed by atoms with Crippen molar-refractivity contribution in [3.05, 3.63) is 69.5 Å². The number of benzene rings is 2. The molecule has 40 heavy (non-hydrogen) atoms. The fraction of sp³-hybridized carbons (Fsp3) is 0.500. The zero-order valence-electron chi connectivity index (χ0n) is 22.4. The number of nitrogens with zero attached hydrogens (tertiary/aromatic N) is 3. The third-order valence-corrected chi connectivity index (χ3v) is 8.56. The number of pyridine rings is 1. The third-order valence-electron chi connectivity index (χ3n) is 8.56. The van der Waals surface area contributed by atoms with Crippen LogP contribution in [0.2, 0.25) is 0 Å². The molecular weight excluding hydrogens is 523 g/mol. The van der Waals surface area contributed by atoms with E-state index in [2.05, 4.69) is 9.80 Å². The minimum atomic E-state index is -4.46. The van der Waals surface area contributed by atoms with Crippen LogP contribution in [0.5, 0.6) is 11.5 Å². The number of hydrogen-bond donors (Lipinski definition) is 1. The lowest BCUT2D eigenvalue weighted by Gasteiger charge is -2.38. The van der Waals surface area contributed by atoms with E-state index in [0.29, 0.717) is 43.2 Å². The van der Waals surface area contributed by atoms with Gasteiger partial charge in [-0.3, -0.25) is 9.69 Å². The van der Waals surface area contributed by atoms with Crippen LogP contribution in [-0.2, 0) is 24.9 Å². The van der Waals surface area contributed by atoms with Crippen LogP contribution in [-0.4, -0.2) is 59.0 Å². The molecule has 2 saturated heterocycles. The third kappa shape index (κ3) is 5.44. The average molecular weight is 558 g/mol. The van der Waals surface area contributed by atoms with Gasteiger partial charge in [-0.1, -0.05) is 18.6 Å². The molecule has 0 unspecified atom stereocenters. The number of rotatable bonds is 6. The van der Waals surface area contributed by atoms with Gasteiger partial charge in [0.25, 0.3) is 5.56 Å². The summed E-state index contributed by atoms with van der Waals surface area (Å²) in [7, 11) is 0. The number of ether oxygens (including phenoxy) is 2. The topological polar surface area (TPSA) is 67.2 Å². The van der Waals surface area contributed by atoms with Gasteiger partial charge < -0.3 is 24.0 Å². The van der Waals surface area contributed by atoms with Crippen LogP contribution in [0.1, 0.15) is 48.8 Å². The molecule has 0 aliphatic carbocycles. The van der Waals surface area contributed by atoms with Gasteiger partial charge in [-0.15, -0.1) is 0 Å². The smallest absolute Gasteiger partial charge is 0.416 e. The van der Waals surface area contributed by atoms with Crippen molar-refractivity contribution in [1.82, 2.24) is 14.4 Å². The molecule has 10 heteroatoms. The van der Waals surface area contributed by atoms with E-state index in [1.54, 1.807) is 6.07 Å². The van der Waals surface area contributed by atoms with E-state index in [9.17, 15) is 23.1 Å². The second-order valence-corrected chi connectivity index (χ2v) is 11.2. The average Bonchev–Trinajstić information content (AvgIpc) is 3.41. The Balaban J connectivity index is 1.23. The van der Waals surface area contributed by atoms with E-state index in [4.69, 9.17) is 9.47 Å². The number of piperidine rings is 2. The summed E-state index contributed by atoms with van der Waals surface area (Å²) >= 11 is 0. The first-order valence-corrected chi connectivity index (χ1v) is 14.0. The largest absolute Gasteiger partial charge is 0.454 e. The normalized spacial score (nSPS) is 19.8. The van der Waals surface area contributed by atoms with Crippen molar-refractivity contribution in [2.75, 3.05) is 39.5 Å². The highest BCUT2D eigenvalue weighted by Crippen LogP contribution is 2.38. The summed E-state index contributed by atoms with van der Waals surface area (Å²) < 4.78 is 52.7. The molecule has 0 bridgehead atoms. The predicted molar refractivity (Wildman–Crippen MR) is 144 cm³/mol. The number of likely N-dealkylation sites (tertiary alicyclic amines) is 2. The van der Waals surface area contributed by atoms with Crippen molar-refractivity contribution in [3.8, 4) is 11.5 Å². The first-order valence-electron chi connectivity index (χ1n) is 14.0. The van der Waals surface area contributed by atoms with Crippen molar-refractivity contribution >= 4 is 10.9 Å². The van der Waals surface area contributed by atoms with Crippen LogP contribution in [0.25, 0.3) is 10.9 Å². The summed E-state index contributed by atoms with van der Waals surface area (Å²) in [6, 6.07) is 10.7. The number of fused-ring (bicyclic) bond motifs is 2. The molecule has 2 aromatic carbocycles. The lowest BCUT2D eigenvalue weighted by Crippen LogP contribution is -2.43. The molecule has 4 heterocycles. The Hall–Kier alpha value is -3.08. The van der Waals surface area contributed by atoms with Gasteiger partial charge in [0.2, 0.25) is 6.79 Å². The molecule has 1 N–H and O–H groups in total. The fourth-order valence-electron chi connectivity index (χ4n) is 6.18. The van der Waals surface area contributed by atoms with Gasteiger partial charge in [0, 0.05) is 49.7 Å². The number of hydrogen-bond acceptors (Lipinski definition) is 6. The number of aliphatic hydroxyl groups is 1. The lowest BCUT2D eigenvalue weighted by molar-refractivity contribution is -0.137. The second kappa shape index (κ2) is 10.7. The maximum absolute atomic E-state index is 13.8. The SMILES string of the molecule is O=c1c(CN2CCC(O)(c3cccc(C(F)(F)F)c3)CC2)cc2cc3c(cc2n1CCN1CCCCC1)OCO3. The molecule has 0 radical (unpaired) electrons. The lowest BCUT2D eigenvalue weighted by atomic mass is 9.83. The molecule has 7 nitrogen and oxygen atoms in total.